The van der Waals surface area contributed by atoms with E-state index in [9.17, 15) is 10.1 Å². The standard InChI is InChI=1S/C25H18N2OS/c26-16-20-23(18-11-5-2-6-12-18)19(15-17-9-3-1-4-10-17)24(28)27-21-13-7-8-14-22(21)29-25(20)27/h1-14,19,23H,15H2/t19-,23+/m1/s1. The van der Waals surface area contributed by atoms with Gasteiger partial charge in [-0.2, -0.15) is 5.26 Å². The van der Waals surface area contributed by atoms with Crippen molar-refractivity contribution in [3.05, 3.63) is 107 Å². The number of amides is 1. The van der Waals surface area contributed by atoms with Crippen molar-refractivity contribution in [3.63, 3.8) is 0 Å². The summed E-state index contributed by atoms with van der Waals surface area (Å²) in [5.74, 6) is -0.513. The largest absolute Gasteiger partial charge is 0.274 e. The molecule has 4 heteroatoms. The maximum Gasteiger partial charge on any atom is 0.236 e. The lowest BCUT2D eigenvalue weighted by Crippen LogP contribution is -2.42. The zero-order chi connectivity index (χ0) is 19.8. The van der Waals surface area contributed by atoms with Gasteiger partial charge in [-0.3, -0.25) is 9.69 Å². The van der Waals surface area contributed by atoms with Crippen LogP contribution in [0.5, 0.6) is 0 Å². The molecule has 3 aromatic carbocycles. The van der Waals surface area contributed by atoms with Gasteiger partial charge in [-0.1, -0.05) is 84.6 Å². The van der Waals surface area contributed by atoms with Crippen molar-refractivity contribution in [1.29, 1.82) is 5.26 Å². The van der Waals surface area contributed by atoms with E-state index in [0.29, 0.717) is 12.0 Å². The molecule has 2 aliphatic rings. The Kier molecular flexibility index (Phi) is 4.46. The summed E-state index contributed by atoms with van der Waals surface area (Å²) < 4.78 is 0. The van der Waals surface area contributed by atoms with Gasteiger partial charge in [-0.25, -0.2) is 0 Å². The quantitative estimate of drug-likeness (QED) is 0.588. The van der Waals surface area contributed by atoms with Gasteiger partial charge < -0.3 is 0 Å². The molecule has 0 fully saturated rings. The molecule has 140 valence electrons. The third-order valence-electron chi connectivity index (χ3n) is 5.57. The van der Waals surface area contributed by atoms with Gasteiger partial charge in [0, 0.05) is 10.8 Å². The number of rotatable bonds is 3. The highest BCUT2D eigenvalue weighted by Crippen LogP contribution is 2.54. The van der Waals surface area contributed by atoms with E-state index in [2.05, 4.69) is 6.07 Å². The number of para-hydroxylation sites is 1. The number of allylic oxidation sites excluding steroid dienone is 1. The van der Waals surface area contributed by atoms with Crippen LogP contribution in [-0.2, 0) is 11.2 Å². The van der Waals surface area contributed by atoms with Gasteiger partial charge in [0.2, 0.25) is 5.91 Å². The number of nitriles is 1. The van der Waals surface area contributed by atoms with E-state index in [0.717, 1.165) is 26.7 Å². The SMILES string of the molecule is N#CC1=C2Sc3ccccc3N2C(=O)[C@H](Cc2ccccc2)[C@@H]1c1ccccc1. The number of anilines is 1. The number of fused-ring (bicyclic) bond motifs is 3. The molecule has 0 saturated carbocycles. The second-order valence-corrected chi connectivity index (χ2v) is 8.29. The molecule has 0 unspecified atom stereocenters. The second-order valence-electron chi connectivity index (χ2n) is 7.26. The van der Waals surface area contributed by atoms with Crippen molar-refractivity contribution in [3.8, 4) is 6.07 Å². The minimum absolute atomic E-state index is 0.0640. The molecule has 0 aliphatic carbocycles. The van der Waals surface area contributed by atoms with E-state index in [1.165, 1.54) is 11.8 Å². The number of hydrogen-bond acceptors (Lipinski definition) is 3. The number of thioether (sulfide) groups is 1. The van der Waals surface area contributed by atoms with Crippen molar-refractivity contribution in [2.75, 3.05) is 4.90 Å². The van der Waals surface area contributed by atoms with E-state index < -0.39 is 0 Å². The molecule has 0 radical (unpaired) electrons. The van der Waals surface area contributed by atoms with Crippen molar-refractivity contribution in [2.45, 2.75) is 17.2 Å². The Morgan fingerprint density at radius 3 is 2.28 bits per heavy atom. The van der Waals surface area contributed by atoms with Crippen LogP contribution in [0, 0.1) is 17.2 Å². The molecule has 0 spiro atoms. The van der Waals surface area contributed by atoms with E-state index in [-0.39, 0.29) is 17.7 Å². The molecule has 29 heavy (non-hydrogen) atoms. The van der Waals surface area contributed by atoms with E-state index in [4.69, 9.17) is 0 Å². The summed E-state index contributed by atoms with van der Waals surface area (Å²) in [6.07, 6.45) is 0.598. The first-order chi connectivity index (χ1) is 14.3. The zero-order valence-electron chi connectivity index (χ0n) is 15.7. The molecule has 0 saturated heterocycles. The fourth-order valence-electron chi connectivity index (χ4n) is 4.27. The van der Waals surface area contributed by atoms with Crippen LogP contribution < -0.4 is 4.90 Å². The van der Waals surface area contributed by atoms with Gasteiger partial charge >= 0.3 is 0 Å². The van der Waals surface area contributed by atoms with Gasteiger partial charge in [0.1, 0.15) is 5.03 Å². The first-order valence-electron chi connectivity index (χ1n) is 9.62. The maximum absolute atomic E-state index is 13.8. The summed E-state index contributed by atoms with van der Waals surface area (Å²) in [4.78, 5) is 16.6. The predicted octanol–water partition coefficient (Wildman–Crippen LogP) is 5.52. The van der Waals surface area contributed by atoms with Crippen LogP contribution >= 0.6 is 11.8 Å². The van der Waals surface area contributed by atoms with Crippen LogP contribution in [0.4, 0.5) is 5.69 Å². The Hall–Kier alpha value is -3.29. The molecule has 3 aromatic rings. The summed E-state index contributed by atoms with van der Waals surface area (Å²) in [5, 5.41) is 10.9. The van der Waals surface area contributed by atoms with E-state index >= 15 is 0 Å². The normalized spacial score (nSPS) is 20.2. The number of hydrogen-bond donors (Lipinski definition) is 0. The van der Waals surface area contributed by atoms with Crippen molar-refractivity contribution in [2.24, 2.45) is 5.92 Å². The summed E-state index contributed by atoms with van der Waals surface area (Å²) >= 11 is 1.53. The first-order valence-corrected chi connectivity index (χ1v) is 10.4. The topological polar surface area (TPSA) is 44.1 Å². The minimum Gasteiger partial charge on any atom is -0.274 e. The average molecular weight is 394 g/mol. The Morgan fingerprint density at radius 1 is 0.897 bits per heavy atom. The molecule has 5 rings (SSSR count). The maximum atomic E-state index is 13.8. The highest BCUT2D eigenvalue weighted by atomic mass is 32.2. The van der Waals surface area contributed by atoms with Gasteiger partial charge in [-0.15, -0.1) is 0 Å². The Labute approximate surface area is 174 Å². The Bertz CT molecular complexity index is 1150. The van der Waals surface area contributed by atoms with Crippen LogP contribution in [0.1, 0.15) is 17.0 Å². The summed E-state index contributed by atoms with van der Waals surface area (Å²) in [6.45, 7) is 0. The molecule has 0 bridgehead atoms. The number of nitrogens with zero attached hydrogens (tertiary/aromatic N) is 2. The fraction of sp³-hybridized carbons (Fsp3) is 0.120. The number of carbonyl (C=O) groups is 1. The molecule has 0 N–H and O–H groups in total. The van der Waals surface area contributed by atoms with E-state index in [1.54, 1.807) is 4.90 Å². The van der Waals surface area contributed by atoms with Crippen LogP contribution in [-0.4, -0.2) is 5.91 Å². The first kappa shape index (κ1) is 17.8. The molecule has 2 atom stereocenters. The highest BCUT2D eigenvalue weighted by Gasteiger charge is 2.46. The molecular weight excluding hydrogens is 376 g/mol. The Morgan fingerprint density at radius 2 is 1.55 bits per heavy atom. The van der Waals surface area contributed by atoms with Gasteiger partial charge in [0.15, 0.2) is 0 Å². The predicted molar refractivity (Wildman–Crippen MR) is 115 cm³/mol. The van der Waals surface area contributed by atoms with E-state index in [1.807, 2.05) is 84.9 Å². The molecule has 0 aromatic heterocycles. The molecular formula is C25H18N2OS. The highest BCUT2D eigenvalue weighted by molar-refractivity contribution is 8.03. The summed E-state index contributed by atoms with van der Waals surface area (Å²) in [6, 6.07) is 30.4. The monoisotopic (exact) mass is 394 g/mol. The lowest BCUT2D eigenvalue weighted by atomic mass is 9.75. The van der Waals surface area contributed by atoms with Gasteiger partial charge in [-0.05, 0) is 29.7 Å². The van der Waals surface area contributed by atoms with Crippen molar-refractivity contribution < 1.29 is 4.79 Å². The lowest BCUT2D eigenvalue weighted by Gasteiger charge is -2.36. The molecule has 3 nitrogen and oxygen atoms in total. The number of carbonyl (C=O) groups excluding carboxylic acids is 1. The zero-order valence-corrected chi connectivity index (χ0v) is 16.5. The smallest absolute Gasteiger partial charge is 0.236 e. The van der Waals surface area contributed by atoms with Crippen molar-refractivity contribution in [1.82, 2.24) is 0 Å². The van der Waals surface area contributed by atoms with Crippen LogP contribution in [0.25, 0.3) is 0 Å². The van der Waals surface area contributed by atoms with Crippen LogP contribution in [0.2, 0.25) is 0 Å². The van der Waals surface area contributed by atoms with Gasteiger partial charge in [0.25, 0.3) is 0 Å². The number of benzene rings is 3. The molecule has 1 amide bonds. The fourth-order valence-corrected chi connectivity index (χ4v) is 5.46. The summed E-state index contributed by atoms with van der Waals surface area (Å²) in [7, 11) is 0. The lowest BCUT2D eigenvalue weighted by molar-refractivity contribution is -0.122. The summed E-state index contributed by atoms with van der Waals surface area (Å²) in [5.41, 5.74) is 3.68. The third kappa shape index (κ3) is 2.95. The Balaban J connectivity index is 1.69. The van der Waals surface area contributed by atoms with Crippen LogP contribution in [0.3, 0.4) is 0 Å². The third-order valence-corrected chi connectivity index (χ3v) is 6.74. The molecule has 2 heterocycles. The van der Waals surface area contributed by atoms with Gasteiger partial charge in [0.05, 0.1) is 23.2 Å². The molecule has 2 aliphatic heterocycles. The van der Waals surface area contributed by atoms with Crippen molar-refractivity contribution >= 4 is 23.4 Å². The second kappa shape index (κ2) is 7.27. The van der Waals surface area contributed by atoms with Crippen LogP contribution in [0.15, 0.2) is 100 Å². The average Bonchev–Trinajstić information content (AvgIpc) is 3.16. The minimum atomic E-state index is -0.329.